The van der Waals surface area contributed by atoms with E-state index in [0.717, 1.165) is 17.5 Å². The normalized spacial score (nSPS) is 13.5. The maximum Gasteiger partial charge on any atom is 0.234 e. The Morgan fingerprint density at radius 3 is 2.60 bits per heavy atom. The van der Waals surface area contributed by atoms with Crippen LogP contribution in [0.5, 0.6) is 0 Å². The fourth-order valence-corrected chi connectivity index (χ4v) is 3.36. The number of benzene rings is 1. The molecule has 25 heavy (non-hydrogen) atoms. The van der Waals surface area contributed by atoms with E-state index in [4.69, 9.17) is 0 Å². The first-order valence-electron chi connectivity index (χ1n) is 8.30. The van der Waals surface area contributed by atoms with Gasteiger partial charge in [-0.05, 0) is 38.0 Å². The maximum absolute atomic E-state index is 12.2. The molecule has 0 spiro atoms. The Bertz CT molecular complexity index is 785. The first-order valence-corrected chi connectivity index (χ1v) is 9.28. The molecule has 2 aromatic rings. The van der Waals surface area contributed by atoms with Gasteiger partial charge in [0.1, 0.15) is 5.82 Å². The molecule has 7 nitrogen and oxygen atoms in total. The predicted octanol–water partition coefficient (Wildman–Crippen LogP) is 2.86. The average Bonchev–Trinajstić information content (AvgIpc) is 3.32. The van der Waals surface area contributed by atoms with Crippen molar-refractivity contribution in [1.82, 2.24) is 14.8 Å². The highest BCUT2D eigenvalue weighted by atomic mass is 32.2. The molecule has 3 rings (SSSR count). The van der Waals surface area contributed by atoms with Gasteiger partial charge in [0.15, 0.2) is 5.16 Å². The third-order valence-corrected chi connectivity index (χ3v) is 4.77. The van der Waals surface area contributed by atoms with Crippen LogP contribution in [0.1, 0.15) is 38.4 Å². The van der Waals surface area contributed by atoms with Crippen LogP contribution in [-0.4, -0.2) is 32.3 Å². The van der Waals surface area contributed by atoms with Crippen molar-refractivity contribution in [3.8, 4) is 0 Å². The number of anilines is 2. The number of nitrogens with zero attached hydrogens (tertiary/aromatic N) is 3. The smallest absolute Gasteiger partial charge is 0.234 e. The number of nitrogens with one attached hydrogen (secondary N) is 2. The molecule has 1 fully saturated rings. The second-order valence-corrected chi connectivity index (χ2v) is 6.90. The summed E-state index contributed by atoms with van der Waals surface area (Å²) in [5, 5.41) is 14.8. The van der Waals surface area contributed by atoms with Gasteiger partial charge in [-0.2, -0.15) is 0 Å². The molecule has 0 bridgehead atoms. The Balaban J connectivity index is 1.57. The summed E-state index contributed by atoms with van der Waals surface area (Å²) >= 11 is 1.39. The molecule has 0 radical (unpaired) electrons. The van der Waals surface area contributed by atoms with Crippen LogP contribution in [-0.2, 0) is 16.1 Å². The molecule has 1 aromatic carbocycles. The van der Waals surface area contributed by atoms with E-state index in [1.807, 2.05) is 0 Å². The number of aromatic nitrogens is 3. The molecule has 0 aliphatic heterocycles. The van der Waals surface area contributed by atoms with E-state index >= 15 is 0 Å². The third-order valence-electron chi connectivity index (χ3n) is 3.80. The van der Waals surface area contributed by atoms with E-state index in [1.54, 1.807) is 24.3 Å². The second-order valence-electron chi connectivity index (χ2n) is 5.96. The molecule has 1 aromatic heterocycles. The van der Waals surface area contributed by atoms with Crippen LogP contribution < -0.4 is 10.6 Å². The van der Waals surface area contributed by atoms with E-state index in [1.165, 1.54) is 31.5 Å². The molecule has 132 valence electrons. The lowest BCUT2D eigenvalue weighted by molar-refractivity contribution is -0.114. The Labute approximate surface area is 150 Å². The number of rotatable bonds is 7. The van der Waals surface area contributed by atoms with Gasteiger partial charge in [0.25, 0.3) is 0 Å². The van der Waals surface area contributed by atoms with Gasteiger partial charge in [-0.25, -0.2) is 0 Å². The van der Waals surface area contributed by atoms with Crippen molar-refractivity contribution in [2.24, 2.45) is 0 Å². The van der Waals surface area contributed by atoms with Crippen LogP contribution in [0.15, 0.2) is 29.4 Å². The number of hydrogen-bond acceptors (Lipinski definition) is 5. The summed E-state index contributed by atoms with van der Waals surface area (Å²) < 4.78 is 2.09. The summed E-state index contributed by atoms with van der Waals surface area (Å²) in [6, 6.07) is 7.07. The van der Waals surface area contributed by atoms with Crippen LogP contribution in [0, 0.1) is 0 Å². The van der Waals surface area contributed by atoms with E-state index in [9.17, 15) is 9.59 Å². The Kier molecular flexibility index (Phi) is 5.37. The molecule has 8 heteroatoms. The highest BCUT2D eigenvalue weighted by Crippen LogP contribution is 2.39. The van der Waals surface area contributed by atoms with Gasteiger partial charge in [0.2, 0.25) is 11.8 Å². The lowest BCUT2D eigenvalue weighted by Crippen LogP contribution is -2.15. The first-order chi connectivity index (χ1) is 12.1. The van der Waals surface area contributed by atoms with Crippen molar-refractivity contribution in [2.75, 3.05) is 16.4 Å². The fourth-order valence-electron chi connectivity index (χ4n) is 2.55. The first kappa shape index (κ1) is 17.5. The van der Waals surface area contributed by atoms with Gasteiger partial charge >= 0.3 is 0 Å². The Hall–Kier alpha value is -2.35. The average molecular weight is 359 g/mol. The molecular formula is C17H21N5O2S. The molecule has 1 aliphatic carbocycles. The molecule has 1 aliphatic rings. The number of thioether (sulfide) groups is 1. The zero-order chi connectivity index (χ0) is 17.8. The van der Waals surface area contributed by atoms with Gasteiger partial charge in [-0.3, -0.25) is 9.59 Å². The lowest BCUT2D eigenvalue weighted by atomic mass is 10.2. The minimum Gasteiger partial charge on any atom is -0.326 e. The summed E-state index contributed by atoms with van der Waals surface area (Å²) in [7, 11) is 0. The van der Waals surface area contributed by atoms with Crippen molar-refractivity contribution in [2.45, 2.75) is 44.3 Å². The monoisotopic (exact) mass is 359 g/mol. The third kappa shape index (κ3) is 4.60. The molecule has 2 amide bonds. The Morgan fingerprint density at radius 1 is 1.24 bits per heavy atom. The van der Waals surface area contributed by atoms with Crippen LogP contribution in [0.3, 0.4) is 0 Å². The SMILES string of the molecule is CCn1c(SCC(=O)Nc2cccc(NC(C)=O)c2)nnc1C1CC1. The predicted molar refractivity (Wildman–Crippen MR) is 97.8 cm³/mol. The van der Waals surface area contributed by atoms with Crippen LogP contribution >= 0.6 is 11.8 Å². The van der Waals surface area contributed by atoms with E-state index in [0.29, 0.717) is 17.3 Å². The van der Waals surface area contributed by atoms with Crippen LogP contribution in [0.2, 0.25) is 0 Å². The van der Waals surface area contributed by atoms with Gasteiger partial charge < -0.3 is 15.2 Å². The maximum atomic E-state index is 12.2. The van der Waals surface area contributed by atoms with E-state index < -0.39 is 0 Å². The largest absolute Gasteiger partial charge is 0.326 e. The van der Waals surface area contributed by atoms with Crippen molar-refractivity contribution in [3.05, 3.63) is 30.1 Å². The summed E-state index contributed by atoms with van der Waals surface area (Å²) in [6.07, 6.45) is 2.35. The molecule has 0 saturated heterocycles. The van der Waals surface area contributed by atoms with Crippen LogP contribution in [0.25, 0.3) is 0 Å². The van der Waals surface area contributed by atoms with Crippen molar-refractivity contribution >= 4 is 35.0 Å². The molecule has 1 saturated carbocycles. The van der Waals surface area contributed by atoms with Gasteiger partial charge in [0.05, 0.1) is 5.75 Å². The quantitative estimate of drug-likeness (QED) is 0.742. The van der Waals surface area contributed by atoms with Gasteiger partial charge in [0, 0.05) is 30.8 Å². The summed E-state index contributed by atoms with van der Waals surface area (Å²) in [4.78, 5) is 23.3. The second kappa shape index (κ2) is 7.69. The highest BCUT2D eigenvalue weighted by molar-refractivity contribution is 7.99. The summed E-state index contributed by atoms with van der Waals surface area (Å²) in [6.45, 7) is 4.32. The minimum atomic E-state index is -0.149. The number of carbonyl (C=O) groups is 2. The molecule has 1 heterocycles. The topological polar surface area (TPSA) is 88.9 Å². The summed E-state index contributed by atoms with van der Waals surface area (Å²) in [5.74, 6) is 1.56. The number of hydrogen-bond donors (Lipinski definition) is 2. The lowest BCUT2D eigenvalue weighted by Gasteiger charge is -2.08. The van der Waals surface area contributed by atoms with Gasteiger partial charge in [-0.15, -0.1) is 10.2 Å². The zero-order valence-electron chi connectivity index (χ0n) is 14.3. The standard InChI is InChI=1S/C17H21N5O2S/c1-3-22-16(12-7-8-12)20-21-17(22)25-10-15(24)19-14-6-4-5-13(9-14)18-11(2)23/h4-6,9,12H,3,7-8,10H2,1-2H3,(H,18,23)(H,19,24). The zero-order valence-corrected chi connectivity index (χ0v) is 15.1. The highest BCUT2D eigenvalue weighted by Gasteiger charge is 2.30. The molecule has 2 N–H and O–H groups in total. The fraction of sp³-hybridized carbons (Fsp3) is 0.412. The Morgan fingerprint density at radius 2 is 1.96 bits per heavy atom. The van der Waals surface area contributed by atoms with Crippen molar-refractivity contribution < 1.29 is 9.59 Å². The molecular weight excluding hydrogens is 338 g/mol. The van der Waals surface area contributed by atoms with E-state index in [2.05, 4.69) is 32.3 Å². The number of carbonyl (C=O) groups excluding carboxylic acids is 2. The van der Waals surface area contributed by atoms with Crippen LogP contribution in [0.4, 0.5) is 11.4 Å². The minimum absolute atomic E-state index is 0.122. The van der Waals surface area contributed by atoms with Gasteiger partial charge in [-0.1, -0.05) is 17.8 Å². The van der Waals surface area contributed by atoms with E-state index in [-0.39, 0.29) is 17.6 Å². The van der Waals surface area contributed by atoms with Crippen molar-refractivity contribution in [3.63, 3.8) is 0 Å². The number of amides is 2. The molecule has 0 atom stereocenters. The summed E-state index contributed by atoms with van der Waals surface area (Å²) in [5.41, 5.74) is 1.30. The molecule has 0 unspecified atom stereocenters. The van der Waals surface area contributed by atoms with Crippen molar-refractivity contribution in [1.29, 1.82) is 0 Å².